The molecule has 0 aromatic heterocycles. The van der Waals surface area contributed by atoms with E-state index < -0.39 is 5.60 Å². The zero-order valence-electron chi connectivity index (χ0n) is 12.4. The van der Waals surface area contributed by atoms with Crippen LogP contribution in [0.5, 0.6) is 5.75 Å². The van der Waals surface area contributed by atoms with Crippen LogP contribution in [0.1, 0.15) is 39.3 Å². The first kappa shape index (κ1) is 15.9. The van der Waals surface area contributed by atoms with E-state index in [-0.39, 0.29) is 11.9 Å². The maximum Gasteiger partial charge on any atom is 0.123 e. The number of benzene rings is 1. The van der Waals surface area contributed by atoms with E-state index in [1.54, 1.807) is 13.2 Å². The van der Waals surface area contributed by atoms with Crippen molar-refractivity contribution >= 4 is 0 Å². The normalized spacial score (nSPS) is 13.4. The summed E-state index contributed by atoms with van der Waals surface area (Å²) < 4.78 is 24.7. The van der Waals surface area contributed by atoms with Gasteiger partial charge in [0.05, 0.1) is 18.8 Å². The van der Waals surface area contributed by atoms with Gasteiger partial charge in [0.2, 0.25) is 0 Å². The minimum atomic E-state index is -0.453. The van der Waals surface area contributed by atoms with Crippen molar-refractivity contribution in [3.05, 3.63) is 29.6 Å². The molecule has 108 valence electrons. The van der Waals surface area contributed by atoms with E-state index in [4.69, 9.17) is 9.47 Å². The summed E-state index contributed by atoms with van der Waals surface area (Å²) in [6.07, 6.45) is 0. The summed E-state index contributed by atoms with van der Waals surface area (Å²) in [5.41, 5.74) is 0.328. The Morgan fingerprint density at radius 1 is 1.32 bits per heavy atom. The molecule has 0 bridgehead atoms. The van der Waals surface area contributed by atoms with Crippen molar-refractivity contribution in [1.29, 1.82) is 0 Å². The molecule has 4 heteroatoms. The second-order valence-electron chi connectivity index (χ2n) is 4.91. The fourth-order valence-corrected chi connectivity index (χ4v) is 2.32. The molecule has 1 aromatic rings. The minimum Gasteiger partial charge on any atom is -0.496 e. The Labute approximate surface area is 115 Å². The summed E-state index contributed by atoms with van der Waals surface area (Å²) >= 11 is 0. The van der Waals surface area contributed by atoms with Crippen molar-refractivity contribution in [3.63, 3.8) is 0 Å². The Morgan fingerprint density at radius 3 is 2.53 bits per heavy atom. The molecule has 0 heterocycles. The molecular weight excluding hydrogens is 245 g/mol. The average molecular weight is 269 g/mol. The van der Waals surface area contributed by atoms with Gasteiger partial charge in [0.1, 0.15) is 11.6 Å². The zero-order valence-corrected chi connectivity index (χ0v) is 12.4. The lowest BCUT2D eigenvalue weighted by molar-refractivity contribution is -0.0393. The van der Waals surface area contributed by atoms with E-state index in [2.05, 4.69) is 5.32 Å². The molecule has 0 fully saturated rings. The van der Waals surface area contributed by atoms with Crippen molar-refractivity contribution in [3.8, 4) is 5.75 Å². The molecule has 0 aliphatic carbocycles. The standard InChI is InChI=1S/C15H24FNO2/c1-6-17-14(15(3,4)19-7-2)12-10-11(16)8-9-13(12)18-5/h8-10,14,17H,6-7H2,1-5H3. The second kappa shape index (κ2) is 6.87. The zero-order chi connectivity index (χ0) is 14.5. The van der Waals surface area contributed by atoms with Crippen molar-refractivity contribution < 1.29 is 13.9 Å². The fraction of sp³-hybridized carbons (Fsp3) is 0.600. The van der Waals surface area contributed by atoms with Crippen LogP contribution in [0.4, 0.5) is 4.39 Å². The second-order valence-corrected chi connectivity index (χ2v) is 4.91. The Bertz CT molecular complexity index is 407. The van der Waals surface area contributed by atoms with Gasteiger partial charge in [0.15, 0.2) is 0 Å². The van der Waals surface area contributed by atoms with Gasteiger partial charge in [-0.2, -0.15) is 0 Å². The van der Waals surface area contributed by atoms with E-state index in [1.165, 1.54) is 12.1 Å². The molecule has 1 atom stereocenters. The first-order valence-corrected chi connectivity index (χ1v) is 6.67. The molecule has 0 saturated heterocycles. The van der Waals surface area contributed by atoms with Gasteiger partial charge in [0.25, 0.3) is 0 Å². The molecule has 0 spiro atoms. The lowest BCUT2D eigenvalue weighted by Crippen LogP contribution is -2.41. The van der Waals surface area contributed by atoms with Crippen LogP contribution in [0.15, 0.2) is 18.2 Å². The molecule has 3 nitrogen and oxygen atoms in total. The number of hydrogen-bond donors (Lipinski definition) is 1. The number of likely N-dealkylation sites (N-methyl/N-ethyl adjacent to an activating group) is 1. The highest BCUT2D eigenvalue weighted by molar-refractivity contribution is 5.38. The van der Waals surface area contributed by atoms with Gasteiger partial charge in [-0.1, -0.05) is 6.92 Å². The molecule has 1 N–H and O–H groups in total. The monoisotopic (exact) mass is 269 g/mol. The molecular formula is C15H24FNO2. The number of halogens is 1. The summed E-state index contributed by atoms with van der Waals surface area (Å²) in [5, 5.41) is 3.35. The summed E-state index contributed by atoms with van der Waals surface area (Å²) in [4.78, 5) is 0. The van der Waals surface area contributed by atoms with Crippen LogP contribution in [-0.2, 0) is 4.74 Å². The number of rotatable bonds is 7. The highest BCUT2D eigenvalue weighted by atomic mass is 19.1. The number of methoxy groups -OCH3 is 1. The fourth-order valence-electron chi connectivity index (χ4n) is 2.32. The predicted octanol–water partition coefficient (Wildman–Crippen LogP) is 3.30. The van der Waals surface area contributed by atoms with Crippen molar-refractivity contribution in [2.75, 3.05) is 20.3 Å². The molecule has 0 amide bonds. The molecule has 0 aliphatic rings. The van der Waals surface area contributed by atoms with E-state index in [1.807, 2.05) is 27.7 Å². The third-order valence-corrected chi connectivity index (χ3v) is 3.12. The van der Waals surface area contributed by atoms with Gasteiger partial charge in [-0.05, 0) is 45.5 Å². The van der Waals surface area contributed by atoms with E-state index in [0.29, 0.717) is 12.4 Å². The average Bonchev–Trinajstić information content (AvgIpc) is 2.35. The van der Waals surface area contributed by atoms with Crippen molar-refractivity contribution in [2.45, 2.75) is 39.3 Å². The molecule has 1 aromatic carbocycles. The maximum absolute atomic E-state index is 13.5. The van der Waals surface area contributed by atoms with Crippen molar-refractivity contribution in [2.24, 2.45) is 0 Å². The van der Waals surface area contributed by atoms with Gasteiger partial charge in [-0.3, -0.25) is 0 Å². The highest BCUT2D eigenvalue weighted by Crippen LogP contribution is 2.35. The Balaban J connectivity index is 3.21. The molecule has 1 rings (SSSR count). The molecule has 19 heavy (non-hydrogen) atoms. The van der Waals surface area contributed by atoms with Gasteiger partial charge < -0.3 is 14.8 Å². The molecule has 0 aliphatic heterocycles. The number of hydrogen-bond acceptors (Lipinski definition) is 3. The van der Waals surface area contributed by atoms with Gasteiger partial charge >= 0.3 is 0 Å². The van der Waals surface area contributed by atoms with E-state index >= 15 is 0 Å². The topological polar surface area (TPSA) is 30.5 Å². The van der Waals surface area contributed by atoms with Gasteiger partial charge in [0, 0.05) is 12.2 Å². The largest absolute Gasteiger partial charge is 0.496 e. The predicted molar refractivity (Wildman–Crippen MR) is 75.1 cm³/mol. The molecule has 0 saturated carbocycles. The van der Waals surface area contributed by atoms with Crippen LogP contribution in [0.3, 0.4) is 0 Å². The highest BCUT2D eigenvalue weighted by Gasteiger charge is 2.33. The number of nitrogens with one attached hydrogen (secondary N) is 1. The van der Waals surface area contributed by atoms with Gasteiger partial charge in [-0.15, -0.1) is 0 Å². The van der Waals surface area contributed by atoms with E-state index in [9.17, 15) is 4.39 Å². The van der Waals surface area contributed by atoms with Crippen LogP contribution >= 0.6 is 0 Å². The Hall–Kier alpha value is -1.13. The van der Waals surface area contributed by atoms with Crippen molar-refractivity contribution in [1.82, 2.24) is 5.32 Å². The SMILES string of the molecule is CCNC(c1cc(F)ccc1OC)C(C)(C)OCC. The Morgan fingerprint density at radius 2 is 2.00 bits per heavy atom. The number of ether oxygens (including phenoxy) is 2. The van der Waals surface area contributed by atoms with Gasteiger partial charge in [-0.25, -0.2) is 4.39 Å². The molecule has 0 radical (unpaired) electrons. The van der Waals surface area contributed by atoms with Crippen LogP contribution in [0.25, 0.3) is 0 Å². The van der Waals surface area contributed by atoms with Crippen LogP contribution < -0.4 is 10.1 Å². The quantitative estimate of drug-likeness (QED) is 0.824. The lowest BCUT2D eigenvalue weighted by Gasteiger charge is -2.35. The van der Waals surface area contributed by atoms with Crippen LogP contribution in [-0.4, -0.2) is 25.9 Å². The Kier molecular flexibility index (Phi) is 5.76. The maximum atomic E-state index is 13.5. The smallest absolute Gasteiger partial charge is 0.123 e. The summed E-state index contributed by atoms with van der Waals surface area (Å²) in [7, 11) is 1.59. The summed E-state index contributed by atoms with van der Waals surface area (Å²) in [6.45, 7) is 9.32. The third kappa shape index (κ3) is 3.91. The first-order valence-electron chi connectivity index (χ1n) is 6.67. The van der Waals surface area contributed by atoms with Crippen LogP contribution in [0, 0.1) is 5.82 Å². The molecule has 1 unspecified atom stereocenters. The minimum absolute atomic E-state index is 0.136. The van der Waals surface area contributed by atoms with Crippen LogP contribution in [0.2, 0.25) is 0 Å². The summed E-state index contributed by atoms with van der Waals surface area (Å²) in [6, 6.07) is 4.42. The van der Waals surface area contributed by atoms with E-state index in [0.717, 1.165) is 12.1 Å². The lowest BCUT2D eigenvalue weighted by atomic mass is 9.90. The first-order chi connectivity index (χ1) is 8.96. The summed E-state index contributed by atoms with van der Waals surface area (Å²) in [5.74, 6) is 0.395. The third-order valence-electron chi connectivity index (χ3n) is 3.12.